The normalized spacial score (nSPS) is 18.2. The first kappa shape index (κ1) is 13.1. The number of hydrogen-bond acceptors (Lipinski definition) is 3. The highest BCUT2D eigenvalue weighted by molar-refractivity contribution is 5.82. The molecule has 1 aromatic rings. The van der Waals surface area contributed by atoms with E-state index in [4.69, 9.17) is 4.74 Å². The summed E-state index contributed by atoms with van der Waals surface area (Å²) in [7, 11) is 1.44. The summed E-state index contributed by atoms with van der Waals surface area (Å²) in [6.07, 6.45) is 2.52. The Bertz CT molecular complexity index is 440. The third-order valence-electron chi connectivity index (χ3n) is 3.72. The van der Waals surface area contributed by atoms with E-state index in [-0.39, 0.29) is 5.97 Å². The Balaban J connectivity index is 2.27. The van der Waals surface area contributed by atoms with Gasteiger partial charge in [-0.25, -0.2) is 4.79 Å². The minimum absolute atomic E-state index is 0.225. The summed E-state index contributed by atoms with van der Waals surface area (Å²) in [5.41, 5.74) is 1.36. The Morgan fingerprint density at radius 2 is 2.11 bits per heavy atom. The van der Waals surface area contributed by atoms with Crippen LogP contribution in [-0.4, -0.2) is 19.6 Å². The SMILES string of the molecule is COC(=O)C(C)(NCC1CC1)c1ccccc1C. The molecule has 1 aromatic carbocycles. The van der Waals surface area contributed by atoms with Crippen LogP contribution in [0.25, 0.3) is 0 Å². The smallest absolute Gasteiger partial charge is 0.330 e. The number of benzene rings is 1. The van der Waals surface area contributed by atoms with Crippen LogP contribution in [0.2, 0.25) is 0 Å². The average molecular weight is 247 g/mol. The summed E-state index contributed by atoms with van der Waals surface area (Å²) in [5, 5.41) is 3.39. The molecule has 1 fully saturated rings. The van der Waals surface area contributed by atoms with E-state index in [0.717, 1.165) is 23.6 Å². The monoisotopic (exact) mass is 247 g/mol. The number of methoxy groups -OCH3 is 1. The lowest BCUT2D eigenvalue weighted by Gasteiger charge is -2.30. The van der Waals surface area contributed by atoms with Crippen molar-refractivity contribution in [3.63, 3.8) is 0 Å². The van der Waals surface area contributed by atoms with E-state index in [1.807, 2.05) is 38.1 Å². The molecule has 0 heterocycles. The minimum atomic E-state index is -0.747. The Morgan fingerprint density at radius 3 is 2.67 bits per heavy atom. The van der Waals surface area contributed by atoms with Crippen molar-refractivity contribution >= 4 is 5.97 Å². The lowest BCUT2D eigenvalue weighted by atomic mass is 9.88. The van der Waals surface area contributed by atoms with Crippen LogP contribution in [0.3, 0.4) is 0 Å². The summed E-state index contributed by atoms with van der Waals surface area (Å²) in [6, 6.07) is 7.96. The summed E-state index contributed by atoms with van der Waals surface area (Å²) in [4.78, 5) is 12.1. The molecule has 0 amide bonds. The molecule has 0 spiro atoms. The third kappa shape index (κ3) is 2.56. The molecule has 1 atom stereocenters. The number of nitrogens with one attached hydrogen (secondary N) is 1. The Morgan fingerprint density at radius 1 is 1.44 bits per heavy atom. The molecular weight excluding hydrogens is 226 g/mol. The largest absolute Gasteiger partial charge is 0.467 e. The van der Waals surface area contributed by atoms with Crippen LogP contribution < -0.4 is 5.32 Å². The van der Waals surface area contributed by atoms with Gasteiger partial charge in [-0.15, -0.1) is 0 Å². The maximum Gasteiger partial charge on any atom is 0.330 e. The Labute approximate surface area is 109 Å². The molecular formula is C15H21NO2. The molecule has 1 unspecified atom stereocenters. The second-order valence-corrected chi connectivity index (χ2v) is 5.26. The number of carbonyl (C=O) groups excluding carboxylic acids is 1. The second-order valence-electron chi connectivity index (χ2n) is 5.26. The fraction of sp³-hybridized carbons (Fsp3) is 0.533. The van der Waals surface area contributed by atoms with E-state index in [2.05, 4.69) is 5.32 Å². The molecule has 98 valence electrons. The van der Waals surface area contributed by atoms with Gasteiger partial charge in [-0.1, -0.05) is 24.3 Å². The standard InChI is InChI=1S/C15H21NO2/c1-11-6-4-5-7-13(11)15(2,14(17)18-3)16-10-12-8-9-12/h4-7,12,16H,8-10H2,1-3H3. The van der Waals surface area contributed by atoms with Gasteiger partial charge in [0.05, 0.1) is 7.11 Å². The lowest BCUT2D eigenvalue weighted by molar-refractivity contribution is -0.148. The first-order chi connectivity index (χ1) is 8.58. The predicted octanol–water partition coefficient (Wildman–Crippen LogP) is 2.38. The summed E-state index contributed by atoms with van der Waals surface area (Å²) >= 11 is 0. The number of hydrogen-bond donors (Lipinski definition) is 1. The van der Waals surface area contributed by atoms with Gasteiger partial charge in [0, 0.05) is 0 Å². The number of rotatable bonds is 5. The van der Waals surface area contributed by atoms with Gasteiger partial charge < -0.3 is 4.74 Å². The molecule has 1 N–H and O–H groups in total. The molecule has 2 rings (SSSR count). The van der Waals surface area contributed by atoms with Crippen LogP contribution in [0.15, 0.2) is 24.3 Å². The van der Waals surface area contributed by atoms with Gasteiger partial charge in [0.15, 0.2) is 0 Å². The Kier molecular flexibility index (Phi) is 3.71. The van der Waals surface area contributed by atoms with Gasteiger partial charge in [-0.2, -0.15) is 0 Å². The van der Waals surface area contributed by atoms with Crippen molar-refractivity contribution in [2.75, 3.05) is 13.7 Å². The highest BCUT2D eigenvalue weighted by Crippen LogP contribution is 2.31. The van der Waals surface area contributed by atoms with Crippen LogP contribution in [-0.2, 0) is 15.1 Å². The van der Waals surface area contributed by atoms with Gasteiger partial charge in [0.25, 0.3) is 0 Å². The highest BCUT2D eigenvalue weighted by atomic mass is 16.5. The van der Waals surface area contributed by atoms with Crippen molar-refractivity contribution in [3.05, 3.63) is 35.4 Å². The number of esters is 1. The molecule has 18 heavy (non-hydrogen) atoms. The molecule has 1 aliphatic rings. The van der Waals surface area contributed by atoms with Crippen LogP contribution in [0, 0.1) is 12.8 Å². The summed E-state index contributed by atoms with van der Waals surface area (Å²) in [6.45, 7) is 4.80. The quantitative estimate of drug-likeness (QED) is 0.812. The van der Waals surface area contributed by atoms with Gasteiger partial charge >= 0.3 is 5.97 Å². The minimum Gasteiger partial charge on any atom is -0.467 e. The molecule has 0 saturated heterocycles. The van der Waals surface area contributed by atoms with Crippen molar-refractivity contribution < 1.29 is 9.53 Å². The highest BCUT2D eigenvalue weighted by Gasteiger charge is 2.38. The van der Waals surface area contributed by atoms with Crippen LogP contribution in [0.4, 0.5) is 0 Å². The maximum absolute atomic E-state index is 12.1. The molecule has 3 nitrogen and oxygen atoms in total. The van der Waals surface area contributed by atoms with E-state index in [9.17, 15) is 4.79 Å². The van der Waals surface area contributed by atoms with Crippen molar-refractivity contribution in [3.8, 4) is 0 Å². The number of ether oxygens (including phenoxy) is 1. The molecule has 1 saturated carbocycles. The molecule has 0 aromatic heterocycles. The van der Waals surface area contributed by atoms with Gasteiger partial charge in [-0.3, -0.25) is 5.32 Å². The predicted molar refractivity (Wildman–Crippen MR) is 71.3 cm³/mol. The number of carbonyl (C=O) groups is 1. The first-order valence-electron chi connectivity index (χ1n) is 6.47. The fourth-order valence-electron chi connectivity index (χ4n) is 2.29. The average Bonchev–Trinajstić information content (AvgIpc) is 3.19. The van der Waals surface area contributed by atoms with Crippen LogP contribution in [0.1, 0.15) is 30.9 Å². The second kappa shape index (κ2) is 5.11. The van der Waals surface area contributed by atoms with Crippen LogP contribution >= 0.6 is 0 Å². The Hall–Kier alpha value is -1.35. The van der Waals surface area contributed by atoms with E-state index in [1.165, 1.54) is 20.0 Å². The topological polar surface area (TPSA) is 38.3 Å². The van der Waals surface area contributed by atoms with E-state index < -0.39 is 5.54 Å². The zero-order valence-corrected chi connectivity index (χ0v) is 11.3. The van der Waals surface area contributed by atoms with E-state index in [1.54, 1.807) is 0 Å². The van der Waals surface area contributed by atoms with Crippen molar-refractivity contribution in [2.24, 2.45) is 5.92 Å². The molecule has 3 heteroatoms. The van der Waals surface area contributed by atoms with Gasteiger partial charge in [-0.05, 0) is 50.3 Å². The zero-order chi connectivity index (χ0) is 13.2. The van der Waals surface area contributed by atoms with Crippen molar-refractivity contribution in [1.82, 2.24) is 5.32 Å². The molecule has 0 bridgehead atoms. The summed E-state index contributed by atoms with van der Waals surface area (Å²) < 4.78 is 4.98. The first-order valence-corrected chi connectivity index (χ1v) is 6.47. The lowest BCUT2D eigenvalue weighted by Crippen LogP contribution is -2.48. The van der Waals surface area contributed by atoms with E-state index in [0.29, 0.717) is 0 Å². The number of aryl methyl sites for hydroxylation is 1. The van der Waals surface area contributed by atoms with Gasteiger partial charge in [0.1, 0.15) is 5.54 Å². The van der Waals surface area contributed by atoms with Crippen molar-refractivity contribution in [1.29, 1.82) is 0 Å². The summed E-state index contributed by atoms with van der Waals surface area (Å²) in [5.74, 6) is 0.496. The fourth-order valence-corrected chi connectivity index (χ4v) is 2.29. The zero-order valence-electron chi connectivity index (χ0n) is 11.3. The van der Waals surface area contributed by atoms with E-state index >= 15 is 0 Å². The molecule has 0 radical (unpaired) electrons. The third-order valence-corrected chi connectivity index (χ3v) is 3.72. The van der Waals surface area contributed by atoms with Gasteiger partial charge in [0.2, 0.25) is 0 Å². The maximum atomic E-state index is 12.1. The molecule has 0 aliphatic heterocycles. The molecule has 1 aliphatic carbocycles. The van der Waals surface area contributed by atoms with Crippen molar-refractivity contribution in [2.45, 2.75) is 32.2 Å². The van der Waals surface area contributed by atoms with Crippen LogP contribution in [0.5, 0.6) is 0 Å².